The fraction of sp³-hybridized carbons (Fsp3) is 0.500. The first kappa shape index (κ1) is 16.4. The number of nitrogens with zero attached hydrogens (tertiary/aromatic N) is 1. The monoisotopic (exact) mass is 333 g/mol. The third kappa shape index (κ3) is 4.01. The van der Waals surface area contributed by atoms with Crippen molar-refractivity contribution in [3.8, 4) is 5.75 Å². The van der Waals surface area contributed by atoms with E-state index in [4.69, 9.17) is 32.7 Å². The van der Waals surface area contributed by atoms with Gasteiger partial charge in [0.25, 0.3) is 5.91 Å². The van der Waals surface area contributed by atoms with Gasteiger partial charge in [0.15, 0.2) is 6.61 Å². The van der Waals surface area contributed by atoms with Crippen LogP contribution in [0.4, 0.5) is 0 Å². The average molecular weight is 334 g/mol. The first-order valence-corrected chi connectivity index (χ1v) is 7.31. The Balaban J connectivity index is 1.95. The summed E-state index contributed by atoms with van der Waals surface area (Å²) in [5, 5.41) is 10.2. The van der Waals surface area contributed by atoms with E-state index < -0.39 is 0 Å². The van der Waals surface area contributed by atoms with E-state index in [9.17, 15) is 9.90 Å². The second-order valence-corrected chi connectivity index (χ2v) is 5.68. The lowest BCUT2D eigenvalue weighted by atomic mass is 10.2. The van der Waals surface area contributed by atoms with E-state index in [1.165, 1.54) is 0 Å². The molecular formula is C14H17Cl2NO4. The maximum absolute atomic E-state index is 12.2. The summed E-state index contributed by atoms with van der Waals surface area (Å²) in [4.78, 5) is 13.8. The zero-order valence-corrected chi connectivity index (χ0v) is 13.1. The predicted octanol–water partition coefficient (Wildman–Crippen LogP) is 1.98. The van der Waals surface area contributed by atoms with Crippen molar-refractivity contribution < 1.29 is 19.4 Å². The van der Waals surface area contributed by atoms with Gasteiger partial charge in [0.1, 0.15) is 5.75 Å². The maximum Gasteiger partial charge on any atom is 0.260 e. The molecule has 0 spiro atoms. The van der Waals surface area contributed by atoms with E-state index >= 15 is 0 Å². The zero-order chi connectivity index (χ0) is 15.4. The maximum atomic E-state index is 12.2. The molecule has 0 unspecified atom stereocenters. The lowest BCUT2D eigenvalue weighted by molar-refractivity contribution is -0.135. The van der Waals surface area contributed by atoms with Gasteiger partial charge in [0, 0.05) is 18.7 Å². The van der Waals surface area contributed by atoms with Crippen LogP contribution in [0.1, 0.15) is 6.42 Å². The van der Waals surface area contributed by atoms with Crippen LogP contribution >= 0.6 is 23.2 Å². The van der Waals surface area contributed by atoms with Gasteiger partial charge in [-0.25, -0.2) is 0 Å². The van der Waals surface area contributed by atoms with Crippen LogP contribution < -0.4 is 4.74 Å². The molecule has 116 valence electrons. The lowest BCUT2D eigenvalue weighted by Crippen LogP contribution is -2.40. The van der Waals surface area contributed by atoms with Crippen molar-refractivity contribution in [3.63, 3.8) is 0 Å². The molecule has 0 bridgehead atoms. The van der Waals surface area contributed by atoms with Crippen LogP contribution in [0.2, 0.25) is 10.0 Å². The van der Waals surface area contributed by atoms with E-state index in [1.54, 1.807) is 30.2 Å². The second-order valence-electron chi connectivity index (χ2n) is 4.84. The van der Waals surface area contributed by atoms with E-state index in [2.05, 4.69) is 0 Å². The number of carbonyl (C=O) groups excluding carboxylic acids is 1. The van der Waals surface area contributed by atoms with Crippen molar-refractivity contribution in [2.45, 2.75) is 18.6 Å². The van der Waals surface area contributed by atoms with Crippen LogP contribution in [-0.2, 0) is 9.53 Å². The Kier molecular flexibility index (Phi) is 5.70. The number of methoxy groups -OCH3 is 1. The summed E-state index contributed by atoms with van der Waals surface area (Å²) < 4.78 is 10.7. The van der Waals surface area contributed by atoms with E-state index in [0.717, 1.165) is 0 Å². The smallest absolute Gasteiger partial charge is 0.260 e. The normalized spacial score (nSPS) is 21.6. The first-order valence-electron chi connectivity index (χ1n) is 6.56. The van der Waals surface area contributed by atoms with Gasteiger partial charge in [0.2, 0.25) is 0 Å². The number of rotatable bonds is 5. The molecule has 7 heteroatoms. The van der Waals surface area contributed by atoms with Crippen molar-refractivity contribution in [2.24, 2.45) is 0 Å². The largest absolute Gasteiger partial charge is 0.482 e. The standard InChI is InChI=1S/C14H17Cl2NO4/c1-20-11-5-10(7-18)17(6-11)14(19)8-21-13-3-2-9(15)4-12(13)16/h2-4,10-11,18H,5-8H2,1H3/t10-,11+/m0/s1. The topological polar surface area (TPSA) is 59.0 Å². The van der Waals surface area contributed by atoms with Crippen LogP contribution in [0, 0.1) is 0 Å². The molecule has 1 amide bonds. The molecule has 1 aromatic carbocycles. The highest BCUT2D eigenvalue weighted by atomic mass is 35.5. The van der Waals surface area contributed by atoms with Crippen LogP contribution in [0.5, 0.6) is 5.75 Å². The summed E-state index contributed by atoms with van der Waals surface area (Å²) in [7, 11) is 1.59. The minimum atomic E-state index is -0.230. The van der Waals surface area contributed by atoms with Gasteiger partial charge >= 0.3 is 0 Å². The highest BCUT2D eigenvalue weighted by Gasteiger charge is 2.34. The van der Waals surface area contributed by atoms with Gasteiger partial charge in [0.05, 0.1) is 23.8 Å². The Labute approximate surface area is 133 Å². The summed E-state index contributed by atoms with van der Waals surface area (Å²) in [5.41, 5.74) is 0. The molecule has 0 saturated carbocycles. The number of aliphatic hydroxyl groups excluding tert-OH is 1. The van der Waals surface area contributed by atoms with Crippen LogP contribution in [0.25, 0.3) is 0 Å². The molecule has 0 aliphatic carbocycles. The van der Waals surface area contributed by atoms with E-state index in [-0.39, 0.29) is 31.3 Å². The predicted molar refractivity (Wildman–Crippen MR) is 80.0 cm³/mol. The molecule has 21 heavy (non-hydrogen) atoms. The average Bonchev–Trinajstić information content (AvgIpc) is 2.89. The van der Waals surface area contributed by atoms with Crippen LogP contribution in [0.3, 0.4) is 0 Å². The number of ether oxygens (including phenoxy) is 2. The summed E-state index contributed by atoms with van der Waals surface area (Å²) in [6.07, 6.45) is 0.575. The Morgan fingerprint density at radius 1 is 1.48 bits per heavy atom. The molecule has 1 aliphatic rings. The first-order chi connectivity index (χ1) is 10.0. The number of benzene rings is 1. The number of aliphatic hydroxyl groups is 1. The number of halogens is 2. The molecule has 1 N–H and O–H groups in total. The van der Waals surface area contributed by atoms with Crippen molar-refractivity contribution in [2.75, 3.05) is 26.9 Å². The van der Waals surface area contributed by atoms with E-state index in [1.807, 2.05) is 0 Å². The Morgan fingerprint density at radius 3 is 2.86 bits per heavy atom. The summed E-state index contributed by atoms with van der Waals surface area (Å²) >= 11 is 11.8. The summed E-state index contributed by atoms with van der Waals surface area (Å²) in [6.45, 7) is 0.222. The van der Waals surface area contributed by atoms with E-state index in [0.29, 0.717) is 28.8 Å². The van der Waals surface area contributed by atoms with Crippen molar-refractivity contribution in [3.05, 3.63) is 28.2 Å². The molecular weight excluding hydrogens is 317 g/mol. The second kappa shape index (κ2) is 7.31. The third-order valence-electron chi connectivity index (χ3n) is 3.49. The van der Waals surface area contributed by atoms with Crippen molar-refractivity contribution >= 4 is 29.1 Å². The van der Waals surface area contributed by atoms with Crippen LogP contribution in [-0.4, -0.2) is 54.9 Å². The minimum Gasteiger partial charge on any atom is -0.482 e. The minimum absolute atomic E-state index is 0.0507. The Hall–Kier alpha value is -1.01. The van der Waals surface area contributed by atoms with Crippen molar-refractivity contribution in [1.29, 1.82) is 0 Å². The highest BCUT2D eigenvalue weighted by molar-refractivity contribution is 6.35. The van der Waals surface area contributed by atoms with Gasteiger partial charge < -0.3 is 19.5 Å². The number of carbonyl (C=O) groups is 1. The summed E-state index contributed by atoms with van der Waals surface area (Å²) in [5.74, 6) is 0.192. The quantitative estimate of drug-likeness (QED) is 0.895. The molecule has 1 heterocycles. The SMILES string of the molecule is CO[C@@H]1C[C@@H](CO)N(C(=O)COc2ccc(Cl)cc2Cl)C1. The van der Waals surface area contributed by atoms with Gasteiger partial charge in [-0.3, -0.25) is 4.79 Å². The number of hydrogen-bond donors (Lipinski definition) is 1. The third-order valence-corrected chi connectivity index (χ3v) is 4.02. The van der Waals surface area contributed by atoms with Gasteiger partial charge in [-0.1, -0.05) is 23.2 Å². The molecule has 1 aromatic rings. The molecule has 0 aromatic heterocycles. The van der Waals surface area contributed by atoms with Gasteiger partial charge in [-0.05, 0) is 24.6 Å². The zero-order valence-electron chi connectivity index (χ0n) is 11.6. The van der Waals surface area contributed by atoms with Gasteiger partial charge in [-0.2, -0.15) is 0 Å². The number of amides is 1. The highest BCUT2D eigenvalue weighted by Crippen LogP contribution is 2.28. The molecule has 2 atom stereocenters. The Bertz CT molecular complexity index is 512. The van der Waals surface area contributed by atoms with Gasteiger partial charge in [-0.15, -0.1) is 0 Å². The lowest BCUT2D eigenvalue weighted by Gasteiger charge is -2.22. The number of likely N-dealkylation sites (tertiary alicyclic amines) is 1. The molecule has 1 aliphatic heterocycles. The molecule has 5 nitrogen and oxygen atoms in total. The fourth-order valence-corrected chi connectivity index (χ4v) is 2.80. The molecule has 0 radical (unpaired) electrons. The van der Waals surface area contributed by atoms with Crippen molar-refractivity contribution in [1.82, 2.24) is 4.90 Å². The summed E-state index contributed by atoms with van der Waals surface area (Å²) in [6, 6.07) is 4.58. The molecule has 1 saturated heterocycles. The fourth-order valence-electron chi connectivity index (χ4n) is 2.34. The molecule has 1 fully saturated rings. The number of hydrogen-bond acceptors (Lipinski definition) is 4. The molecule has 2 rings (SSSR count). The Morgan fingerprint density at radius 2 is 2.24 bits per heavy atom. The van der Waals surface area contributed by atoms with Crippen LogP contribution in [0.15, 0.2) is 18.2 Å².